The maximum atomic E-state index is 11.9. The predicted octanol–water partition coefficient (Wildman–Crippen LogP) is 3.67. The SMILES string of the molecule is Cc1cc(Cl)ccc1OCC(=O)N/N=C\c1cn(C)c2ccccc12. The smallest absolute Gasteiger partial charge is 0.277 e. The highest BCUT2D eigenvalue weighted by atomic mass is 35.5. The molecule has 0 saturated carbocycles. The van der Waals surface area contributed by atoms with Crippen molar-refractivity contribution in [3.8, 4) is 5.75 Å². The first kappa shape index (κ1) is 17.0. The fourth-order valence-electron chi connectivity index (χ4n) is 2.60. The molecular formula is C19H18ClN3O2. The van der Waals surface area contributed by atoms with E-state index in [4.69, 9.17) is 16.3 Å². The predicted molar refractivity (Wildman–Crippen MR) is 100 cm³/mol. The van der Waals surface area contributed by atoms with Gasteiger partial charge in [0.1, 0.15) is 5.75 Å². The molecule has 1 aromatic heterocycles. The van der Waals surface area contributed by atoms with Gasteiger partial charge in [-0.2, -0.15) is 5.10 Å². The van der Waals surface area contributed by atoms with Crippen LogP contribution >= 0.6 is 11.6 Å². The number of benzene rings is 2. The van der Waals surface area contributed by atoms with Crippen LogP contribution in [-0.2, 0) is 11.8 Å². The lowest BCUT2D eigenvalue weighted by Gasteiger charge is -2.08. The molecule has 0 saturated heterocycles. The van der Waals surface area contributed by atoms with Gasteiger partial charge in [-0.05, 0) is 36.8 Å². The van der Waals surface area contributed by atoms with E-state index in [1.54, 1.807) is 24.4 Å². The topological polar surface area (TPSA) is 55.6 Å². The minimum Gasteiger partial charge on any atom is -0.483 e. The van der Waals surface area contributed by atoms with Gasteiger partial charge in [0.2, 0.25) is 0 Å². The second-order valence-corrected chi connectivity index (χ2v) is 6.14. The van der Waals surface area contributed by atoms with E-state index in [1.165, 1.54) is 0 Å². The molecule has 0 bridgehead atoms. The van der Waals surface area contributed by atoms with Gasteiger partial charge in [-0.1, -0.05) is 29.8 Å². The maximum Gasteiger partial charge on any atom is 0.277 e. The lowest BCUT2D eigenvalue weighted by Crippen LogP contribution is -2.24. The van der Waals surface area contributed by atoms with E-state index < -0.39 is 0 Å². The molecule has 0 fully saturated rings. The van der Waals surface area contributed by atoms with Crippen LogP contribution in [0.1, 0.15) is 11.1 Å². The molecule has 0 aliphatic heterocycles. The Kier molecular flexibility index (Phi) is 5.05. The minimum absolute atomic E-state index is 0.116. The first-order valence-corrected chi connectivity index (χ1v) is 8.17. The summed E-state index contributed by atoms with van der Waals surface area (Å²) >= 11 is 5.89. The van der Waals surface area contributed by atoms with Gasteiger partial charge >= 0.3 is 0 Å². The van der Waals surface area contributed by atoms with Crippen molar-refractivity contribution in [3.05, 3.63) is 64.8 Å². The molecule has 6 heteroatoms. The Labute approximate surface area is 150 Å². The lowest BCUT2D eigenvalue weighted by atomic mass is 10.2. The number of halogens is 1. The van der Waals surface area contributed by atoms with E-state index in [0.717, 1.165) is 22.0 Å². The van der Waals surface area contributed by atoms with Crippen LogP contribution in [0.5, 0.6) is 5.75 Å². The Morgan fingerprint density at radius 3 is 2.92 bits per heavy atom. The van der Waals surface area contributed by atoms with Gasteiger partial charge < -0.3 is 9.30 Å². The highest BCUT2D eigenvalue weighted by molar-refractivity contribution is 6.30. The number of hydrogen-bond acceptors (Lipinski definition) is 3. The van der Waals surface area contributed by atoms with Crippen molar-refractivity contribution in [1.82, 2.24) is 9.99 Å². The molecule has 0 spiro atoms. The Morgan fingerprint density at radius 1 is 1.32 bits per heavy atom. The fraction of sp³-hybridized carbons (Fsp3) is 0.158. The Balaban J connectivity index is 1.59. The van der Waals surface area contributed by atoms with Crippen molar-refractivity contribution in [2.45, 2.75) is 6.92 Å². The Bertz CT molecular complexity index is 947. The summed E-state index contributed by atoms with van der Waals surface area (Å²) in [5.74, 6) is 0.295. The molecule has 1 heterocycles. The van der Waals surface area contributed by atoms with Crippen LogP contribution in [0.4, 0.5) is 0 Å². The monoisotopic (exact) mass is 355 g/mol. The Hall–Kier alpha value is -2.79. The van der Waals surface area contributed by atoms with Crippen LogP contribution in [0, 0.1) is 6.92 Å². The molecule has 1 amide bonds. The van der Waals surface area contributed by atoms with Crippen molar-refractivity contribution in [2.75, 3.05) is 6.61 Å². The van der Waals surface area contributed by atoms with E-state index in [1.807, 2.05) is 49.0 Å². The van der Waals surface area contributed by atoms with Crippen LogP contribution in [0.3, 0.4) is 0 Å². The van der Waals surface area contributed by atoms with E-state index in [2.05, 4.69) is 10.5 Å². The highest BCUT2D eigenvalue weighted by Crippen LogP contribution is 2.21. The van der Waals surface area contributed by atoms with Gasteiger partial charge in [-0.15, -0.1) is 0 Å². The van der Waals surface area contributed by atoms with Crippen molar-refractivity contribution in [1.29, 1.82) is 0 Å². The molecule has 1 N–H and O–H groups in total. The van der Waals surface area contributed by atoms with Crippen LogP contribution in [-0.4, -0.2) is 23.3 Å². The summed E-state index contributed by atoms with van der Waals surface area (Å²) in [5, 5.41) is 5.73. The van der Waals surface area contributed by atoms with Gasteiger partial charge in [-0.3, -0.25) is 4.79 Å². The summed E-state index contributed by atoms with van der Waals surface area (Å²) in [4.78, 5) is 11.9. The maximum absolute atomic E-state index is 11.9. The zero-order chi connectivity index (χ0) is 17.8. The second kappa shape index (κ2) is 7.40. The highest BCUT2D eigenvalue weighted by Gasteiger charge is 2.06. The third-order valence-corrected chi connectivity index (χ3v) is 4.05. The van der Waals surface area contributed by atoms with Crippen molar-refractivity contribution in [3.63, 3.8) is 0 Å². The molecule has 3 aromatic rings. The molecule has 0 atom stereocenters. The third-order valence-electron chi connectivity index (χ3n) is 3.82. The number of rotatable bonds is 5. The van der Waals surface area contributed by atoms with E-state index in [9.17, 15) is 4.79 Å². The summed E-state index contributed by atoms with van der Waals surface area (Å²) in [6, 6.07) is 13.3. The Morgan fingerprint density at radius 2 is 2.12 bits per heavy atom. The van der Waals surface area contributed by atoms with Crippen molar-refractivity contribution in [2.24, 2.45) is 12.1 Å². The average molecular weight is 356 g/mol. The number of aromatic nitrogens is 1. The number of ether oxygens (including phenoxy) is 1. The molecule has 0 aliphatic carbocycles. The molecule has 25 heavy (non-hydrogen) atoms. The number of aryl methyl sites for hydroxylation is 2. The number of hydrazone groups is 1. The molecule has 0 unspecified atom stereocenters. The fourth-order valence-corrected chi connectivity index (χ4v) is 2.83. The number of fused-ring (bicyclic) bond motifs is 1. The molecule has 128 valence electrons. The van der Waals surface area contributed by atoms with E-state index in [-0.39, 0.29) is 12.5 Å². The normalized spacial score (nSPS) is 11.2. The molecule has 2 aromatic carbocycles. The van der Waals surface area contributed by atoms with E-state index >= 15 is 0 Å². The van der Waals surface area contributed by atoms with E-state index in [0.29, 0.717) is 10.8 Å². The molecule has 3 rings (SSSR count). The lowest BCUT2D eigenvalue weighted by molar-refractivity contribution is -0.123. The third kappa shape index (κ3) is 4.00. The number of carbonyl (C=O) groups excluding carboxylic acids is 1. The van der Waals surface area contributed by atoms with Gasteiger partial charge in [0.25, 0.3) is 5.91 Å². The summed E-state index contributed by atoms with van der Waals surface area (Å²) in [6.45, 7) is 1.76. The summed E-state index contributed by atoms with van der Waals surface area (Å²) in [5.41, 5.74) is 5.40. The number of hydrogen-bond donors (Lipinski definition) is 1. The number of nitrogens with one attached hydrogen (secondary N) is 1. The standard InChI is InChI=1S/C19H18ClN3O2/c1-13-9-15(20)7-8-18(13)25-12-19(24)22-21-10-14-11-23(2)17-6-4-3-5-16(14)17/h3-11H,12H2,1-2H3,(H,22,24)/b21-10-. The van der Waals surface area contributed by atoms with Crippen LogP contribution in [0.25, 0.3) is 10.9 Å². The summed E-state index contributed by atoms with van der Waals surface area (Å²) in [6.07, 6.45) is 3.60. The van der Waals surface area contributed by atoms with Crippen molar-refractivity contribution < 1.29 is 9.53 Å². The second-order valence-electron chi connectivity index (χ2n) is 5.70. The van der Waals surface area contributed by atoms with Gasteiger partial charge in [0.15, 0.2) is 6.61 Å². The molecular weight excluding hydrogens is 338 g/mol. The number of nitrogens with zero attached hydrogens (tertiary/aromatic N) is 2. The summed E-state index contributed by atoms with van der Waals surface area (Å²) < 4.78 is 7.50. The first-order chi connectivity index (χ1) is 12.0. The van der Waals surface area contributed by atoms with Crippen LogP contribution in [0.15, 0.2) is 53.8 Å². The molecule has 0 aliphatic rings. The average Bonchev–Trinajstić information content (AvgIpc) is 2.91. The molecule has 0 radical (unpaired) electrons. The zero-order valence-electron chi connectivity index (χ0n) is 14.0. The summed E-state index contributed by atoms with van der Waals surface area (Å²) in [7, 11) is 1.97. The van der Waals surface area contributed by atoms with Crippen LogP contribution in [0.2, 0.25) is 5.02 Å². The van der Waals surface area contributed by atoms with Crippen LogP contribution < -0.4 is 10.2 Å². The van der Waals surface area contributed by atoms with Crippen molar-refractivity contribution >= 4 is 34.6 Å². The zero-order valence-corrected chi connectivity index (χ0v) is 14.7. The molecule has 5 nitrogen and oxygen atoms in total. The van der Waals surface area contributed by atoms with Gasteiger partial charge in [-0.25, -0.2) is 5.43 Å². The van der Waals surface area contributed by atoms with Gasteiger partial charge in [0.05, 0.1) is 6.21 Å². The van der Waals surface area contributed by atoms with Gasteiger partial charge in [0, 0.05) is 34.7 Å². The first-order valence-electron chi connectivity index (χ1n) is 7.79. The largest absolute Gasteiger partial charge is 0.483 e. The number of para-hydroxylation sites is 1. The number of carbonyl (C=O) groups is 1. The number of amides is 1. The quantitative estimate of drug-likeness (QED) is 0.561. The minimum atomic E-state index is -0.328.